The molecule has 2 heterocycles. The number of amides is 1. The highest BCUT2D eigenvalue weighted by Gasteiger charge is 2.33. The molecule has 0 aliphatic carbocycles. The predicted molar refractivity (Wildman–Crippen MR) is 128 cm³/mol. The Bertz CT molecular complexity index is 1140. The summed E-state index contributed by atoms with van der Waals surface area (Å²) in [4.78, 5) is 21.7. The Morgan fingerprint density at radius 1 is 1.11 bits per heavy atom. The number of ether oxygens (including phenoxy) is 2. The largest absolute Gasteiger partial charge is 0.497 e. The highest BCUT2D eigenvalue weighted by atomic mass is 19.4. The molecule has 3 aromatic rings. The molecule has 0 bridgehead atoms. The van der Waals surface area contributed by atoms with Crippen LogP contribution in [0.3, 0.4) is 0 Å². The normalized spacial score (nSPS) is 14.6. The van der Waals surface area contributed by atoms with Gasteiger partial charge in [-0.15, -0.1) is 0 Å². The molecule has 1 saturated heterocycles. The summed E-state index contributed by atoms with van der Waals surface area (Å²) >= 11 is 0. The molecule has 0 radical (unpaired) electrons. The van der Waals surface area contributed by atoms with Gasteiger partial charge in [0.2, 0.25) is 0 Å². The first-order valence-electron chi connectivity index (χ1n) is 11.7. The van der Waals surface area contributed by atoms with Crippen LogP contribution in [0.2, 0.25) is 0 Å². The van der Waals surface area contributed by atoms with E-state index in [0.29, 0.717) is 43.4 Å². The van der Waals surface area contributed by atoms with E-state index >= 15 is 0 Å². The van der Waals surface area contributed by atoms with Gasteiger partial charge in [0.25, 0.3) is 5.91 Å². The van der Waals surface area contributed by atoms with Crippen LogP contribution in [0.25, 0.3) is 0 Å². The summed E-state index contributed by atoms with van der Waals surface area (Å²) in [7, 11) is 1.56. The number of hydrogen-bond acceptors (Lipinski definition) is 5. The van der Waals surface area contributed by atoms with Crippen molar-refractivity contribution in [3.8, 4) is 5.75 Å². The van der Waals surface area contributed by atoms with E-state index in [1.54, 1.807) is 59.3 Å². The first kappa shape index (κ1) is 25.7. The van der Waals surface area contributed by atoms with Gasteiger partial charge in [0.05, 0.1) is 32.4 Å². The summed E-state index contributed by atoms with van der Waals surface area (Å²) in [5.74, 6) is 0.970. The Morgan fingerprint density at radius 3 is 2.53 bits per heavy atom. The third-order valence-corrected chi connectivity index (χ3v) is 6.21. The molecule has 4 rings (SSSR count). The minimum atomic E-state index is -4.45. The van der Waals surface area contributed by atoms with E-state index in [1.165, 1.54) is 12.1 Å². The number of carbonyl (C=O) groups is 1. The van der Waals surface area contributed by atoms with E-state index in [4.69, 9.17) is 9.47 Å². The molecule has 1 aliphatic heterocycles. The molecular formula is C26H29F3N4O3. The fourth-order valence-corrected chi connectivity index (χ4v) is 4.18. The SMILES string of the molecule is COc1ccc(C(=O)N(CCN2CCOCC2)Cc2nccn2Cc2ccccc2C(F)(F)F)cc1. The highest BCUT2D eigenvalue weighted by Crippen LogP contribution is 2.32. The zero-order valence-corrected chi connectivity index (χ0v) is 20.1. The second-order valence-electron chi connectivity index (χ2n) is 8.54. The number of morpholine rings is 1. The maximum absolute atomic E-state index is 13.5. The number of methoxy groups -OCH3 is 1. The summed E-state index contributed by atoms with van der Waals surface area (Å²) in [5, 5.41) is 0. The van der Waals surface area contributed by atoms with E-state index in [9.17, 15) is 18.0 Å². The number of alkyl halides is 3. The zero-order chi connectivity index (χ0) is 25.5. The van der Waals surface area contributed by atoms with Crippen LogP contribution >= 0.6 is 0 Å². The first-order valence-corrected chi connectivity index (χ1v) is 11.7. The molecule has 0 N–H and O–H groups in total. The van der Waals surface area contributed by atoms with Crippen LogP contribution in [0.5, 0.6) is 5.75 Å². The van der Waals surface area contributed by atoms with E-state index in [2.05, 4.69) is 9.88 Å². The molecule has 0 unspecified atom stereocenters. The van der Waals surface area contributed by atoms with Crippen LogP contribution in [-0.4, -0.2) is 71.8 Å². The molecule has 7 nitrogen and oxygen atoms in total. The second-order valence-corrected chi connectivity index (χ2v) is 8.54. The summed E-state index contributed by atoms with van der Waals surface area (Å²) in [6, 6.07) is 12.4. The molecule has 1 aliphatic rings. The zero-order valence-electron chi connectivity index (χ0n) is 20.1. The van der Waals surface area contributed by atoms with Gasteiger partial charge in [-0.2, -0.15) is 13.2 Å². The van der Waals surface area contributed by atoms with Crippen LogP contribution in [0, 0.1) is 0 Å². The van der Waals surface area contributed by atoms with Crippen LogP contribution in [-0.2, 0) is 24.0 Å². The van der Waals surface area contributed by atoms with Gasteiger partial charge in [0.15, 0.2) is 0 Å². The van der Waals surface area contributed by atoms with Gasteiger partial charge in [-0.25, -0.2) is 4.98 Å². The predicted octanol–water partition coefficient (Wildman–Crippen LogP) is 3.93. The van der Waals surface area contributed by atoms with E-state index < -0.39 is 11.7 Å². The van der Waals surface area contributed by atoms with Crippen molar-refractivity contribution in [3.63, 3.8) is 0 Å². The Labute approximate surface area is 208 Å². The van der Waals surface area contributed by atoms with Gasteiger partial charge in [0, 0.05) is 50.7 Å². The van der Waals surface area contributed by atoms with Gasteiger partial charge in [-0.1, -0.05) is 18.2 Å². The number of benzene rings is 2. The van der Waals surface area contributed by atoms with E-state index in [-0.39, 0.29) is 24.6 Å². The van der Waals surface area contributed by atoms with E-state index in [0.717, 1.165) is 19.2 Å². The van der Waals surface area contributed by atoms with Crippen molar-refractivity contribution in [2.75, 3.05) is 46.5 Å². The summed E-state index contributed by atoms with van der Waals surface area (Å²) in [6.45, 7) is 4.13. The minimum Gasteiger partial charge on any atom is -0.497 e. The van der Waals surface area contributed by atoms with Crippen molar-refractivity contribution in [2.24, 2.45) is 0 Å². The smallest absolute Gasteiger partial charge is 0.416 e. The van der Waals surface area contributed by atoms with Crippen molar-refractivity contribution in [1.29, 1.82) is 0 Å². The van der Waals surface area contributed by atoms with Gasteiger partial charge in [0.1, 0.15) is 11.6 Å². The van der Waals surface area contributed by atoms with Gasteiger partial charge >= 0.3 is 6.18 Å². The molecule has 2 aromatic carbocycles. The molecule has 10 heteroatoms. The maximum Gasteiger partial charge on any atom is 0.416 e. The molecule has 1 amide bonds. The average Bonchev–Trinajstić information content (AvgIpc) is 3.32. The first-order chi connectivity index (χ1) is 17.3. The Morgan fingerprint density at radius 2 is 1.83 bits per heavy atom. The van der Waals surface area contributed by atoms with Crippen molar-refractivity contribution < 1.29 is 27.4 Å². The van der Waals surface area contributed by atoms with Crippen molar-refractivity contribution in [3.05, 3.63) is 83.4 Å². The monoisotopic (exact) mass is 502 g/mol. The maximum atomic E-state index is 13.5. The lowest BCUT2D eigenvalue weighted by atomic mass is 10.1. The van der Waals surface area contributed by atoms with Crippen molar-refractivity contribution >= 4 is 5.91 Å². The highest BCUT2D eigenvalue weighted by molar-refractivity contribution is 5.94. The molecule has 1 aromatic heterocycles. The molecule has 192 valence electrons. The molecule has 0 spiro atoms. The lowest BCUT2D eigenvalue weighted by Crippen LogP contribution is -2.43. The number of imidazole rings is 1. The fraction of sp³-hybridized carbons (Fsp3) is 0.385. The lowest BCUT2D eigenvalue weighted by Gasteiger charge is -2.30. The number of halogens is 3. The Kier molecular flexibility index (Phi) is 8.27. The van der Waals surface area contributed by atoms with Crippen LogP contribution in [0.4, 0.5) is 13.2 Å². The number of hydrogen-bond donors (Lipinski definition) is 0. The standard InChI is InChI=1S/C26H29F3N4O3/c1-35-22-8-6-20(7-9-22)25(34)33(13-12-31-14-16-36-17-15-31)19-24-30-10-11-32(24)18-21-4-2-3-5-23(21)26(27,28)29/h2-11H,12-19H2,1H3. The fourth-order valence-electron chi connectivity index (χ4n) is 4.18. The van der Waals surface area contributed by atoms with Crippen molar-refractivity contribution in [1.82, 2.24) is 19.4 Å². The summed E-state index contributed by atoms with van der Waals surface area (Å²) < 4.78 is 52.8. The Hall–Kier alpha value is -3.37. The van der Waals surface area contributed by atoms with Gasteiger partial charge in [-0.3, -0.25) is 9.69 Å². The minimum absolute atomic E-state index is 0.000946. The van der Waals surface area contributed by atoms with Crippen molar-refractivity contribution in [2.45, 2.75) is 19.3 Å². The molecule has 0 atom stereocenters. The topological polar surface area (TPSA) is 59.8 Å². The van der Waals surface area contributed by atoms with Gasteiger partial charge < -0.3 is 18.9 Å². The van der Waals surface area contributed by atoms with Crippen LogP contribution in [0.1, 0.15) is 27.3 Å². The molecular weight excluding hydrogens is 473 g/mol. The quantitative estimate of drug-likeness (QED) is 0.444. The number of rotatable bonds is 9. The molecule has 1 fully saturated rings. The summed E-state index contributed by atoms with van der Waals surface area (Å²) in [5.41, 5.74) is -0.0352. The van der Waals surface area contributed by atoms with Crippen LogP contribution < -0.4 is 4.74 Å². The van der Waals surface area contributed by atoms with Gasteiger partial charge in [-0.05, 0) is 35.9 Å². The number of nitrogens with zero attached hydrogens (tertiary/aromatic N) is 4. The average molecular weight is 503 g/mol. The molecule has 36 heavy (non-hydrogen) atoms. The number of carbonyl (C=O) groups excluding carboxylic acids is 1. The van der Waals surface area contributed by atoms with Crippen LogP contribution in [0.15, 0.2) is 60.9 Å². The Balaban J connectivity index is 1.55. The van der Waals surface area contributed by atoms with E-state index in [1.807, 2.05) is 0 Å². The second kappa shape index (κ2) is 11.6. The number of aromatic nitrogens is 2. The third-order valence-electron chi connectivity index (χ3n) is 6.21. The third kappa shape index (κ3) is 6.44. The summed E-state index contributed by atoms with van der Waals surface area (Å²) in [6.07, 6.45) is -1.27. The lowest BCUT2D eigenvalue weighted by molar-refractivity contribution is -0.138. The molecule has 0 saturated carbocycles.